The second kappa shape index (κ2) is 7.26. The van der Waals surface area contributed by atoms with E-state index in [1.807, 2.05) is 45.0 Å². The number of carbonyl (C=O) groups excluding carboxylic acids is 2. The summed E-state index contributed by atoms with van der Waals surface area (Å²) in [6, 6.07) is 7.89. The molecule has 0 aromatic heterocycles. The van der Waals surface area contributed by atoms with E-state index in [1.165, 1.54) is 4.90 Å². The SMILES string of the molecule is Cc1ccccc1C1=NO[C@@H](C(=O)N(C)CC(=O)NC(C)C)C1. The zero-order chi connectivity index (χ0) is 17.0. The first-order valence-corrected chi connectivity index (χ1v) is 7.71. The lowest BCUT2D eigenvalue weighted by Gasteiger charge is -2.20. The smallest absolute Gasteiger partial charge is 0.267 e. The minimum atomic E-state index is -0.665. The van der Waals surface area contributed by atoms with E-state index in [2.05, 4.69) is 10.5 Å². The number of aryl methyl sites for hydroxylation is 1. The van der Waals surface area contributed by atoms with Gasteiger partial charge in [0.1, 0.15) is 0 Å². The van der Waals surface area contributed by atoms with Crippen LogP contribution >= 0.6 is 0 Å². The van der Waals surface area contributed by atoms with Gasteiger partial charge in [-0.3, -0.25) is 9.59 Å². The molecule has 1 heterocycles. The van der Waals surface area contributed by atoms with Crippen molar-refractivity contribution in [1.82, 2.24) is 10.2 Å². The molecule has 1 aromatic carbocycles. The highest BCUT2D eigenvalue weighted by Gasteiger charge is 2.32. The number of nitrogens with one attached hydrogen (secondary N) is 1. The van der Waals surface area contributed by atoms with Crippen molar-refractivity contribution < 1.29 is 14.4 Å². The maximum atomic E-state index is 12.4. The van der Waals surface area contributed by atoms with Gasteiger partial charge < -0.3 is 15.1 Å². The molecule has 2 amide bonds. The van der Waals surface area contributed by atoms with Gasteiger partial charge >= 0.3 is 0 Å². The topological polar surface area (TPSA) is 71.0 Å². The molecule has 0 fully saturated rings. The van der Waals surface area contributed by atoms with E-state index in [4.69, 9.17) is 4.84 Å². The minimum absolute atomic E-state index is 0.0105. The van der Waals surface area contributed by atoms with Gasteiger partial charge in [0.25, 0.3) is 5.91 Å². The van der Waals surface area contributed by atoms with Gasteiger partial charge in [-0.25, -0.2) is 0 Å². The second-order valence-corrected chi connectivity index (χ2v) is 6.07. The summed E-state index contributed by atoms with van der Waals surface area (Å²) >= 11 is 0. The Bertz CT molecular complexity index is 625. The third-order valence-corrected chi connectivity index (χ3v) is 3.61. The Balaban J connectivity index is 1.93. The molecule has 0 bridgehead atoms. The number of oxime groups is 1. The number of rotatable bonds is 5. The Kier molecular flexibility index (Phi) is 5.36. The van der Waals surface area contributed by atoms with Gasteiger partial charge in [-0.2, -0.15) is 0 Å². The number of benzene rings is 1. The minimum Gasteiger partial charge on any atom is -0.382 e. The Hall–Kier alpha value is -2.37. The molecule has 2 rings (SSSR count). The Labute approximate surface area is 136 Å². The van der Waals surface area contributed by atoms with Crippen LogP contribution in [-0.4, -0.2) is 48.2 Å². The predicted molar refractivity (Wildman–Crippen MR) is 88.1 cm³/mol. The molecule has 1 atom stereocenters. The van der Waals surface area contributed by atoms with Gasteiger partial charge in [0.05, 0.1) is 12.3 Å². The van der Waals surface area contributed by atoms with Gasteiger partial charge in [-0.15, -0.1) is 0 Å². The number of nitrogens with zero attached hydrogens (tertiary/aromatic N) is 2. The van der Waals surface area contributed by atoms with Gasteiger partial charge in [0.15, 0.2) is 0 Å². The highest BCUT2D eigenvalue weighted by Crippen LogP contribution is 2.20. The maximum absolute atomic E-state index is 12.4. The highest BCUT2D eigenvalue weighted by atomic mass is 16.6. The maximum Gasteiger partial charge on any atom is 0.267 e. The molecule has 6 nitrogen and oxygen atoms in total. The van der Waals surface area contributed by atoms with Crippen LogP contribution in [0.15, 0.2) is 29.4 Å². The number of amides is 2. The average molecular weight is 317 g/mol. The van der Waals surface area contributed by atoms with Crippen LogP contribution in [0.1, 0.15) is 31.4 Å². The Morgan fingerprint density at radius 2 is 2.09 bits per heavy atom. The molecule has 0 unspecified atom stereocenters. The number of hydrogen-bond donors (Lipinski definition) is 1. The monoisotopic (exact) mass is 317 g/mol. The Morgan fingerprint density at radius 1 is 1.39 bits per heavy atom. The van der Waals surface area contributed by atoms with Gasteiger partial charge in [0, 0.05) is 25.1 Å². The molecule has 1 aliphatic rings. The molecule has 0 saturated carbocycles. The lowest BCUT2D eigenvalue weighted by Crippen LogP contribution is -2.44. The third kappa shape index (κ3) is 4.31. The van der Waals surface area contributed by atoms with Crippen LogP contribution in [0, 0.1) is 6.92 Å². The molecule has 6 heteroatoms. The first kappa shape index (κ1) is 17.0. The summed E-state index contributed by atoms with van der Waals surface area (Å²) < 4.78 is 0. The molecule has 0 aliphatic carbocycles. The molecule has 1 N–H and O–H groups in total. The van der Waals surface area contributed by atoms with Gasteiger partial charge in [0.2, 0.25) is 12.0 Å². The molecule has 0 spiro atoms. The fraction of sp³-hybridized carbons (Fsp3) is 0.471. The molecule has 1 aliphatic heterocycles. The summed E-state index contributed by atoms with van der Waals surface area (Å²) in [4.78, 5) is 30.8. The van der Waals surface area contributed by atoms with Crippen LogP contribution in [0.3, 0.4) is 0 Å². The summed E-state index contributed by atoms with van der Waals surface area (Å²) in [7, 11) is 1.59. The van der Waals surface area contributed by atoms with Crippen molar-refractivity contribution in [3.05, 3.63) is 35.4 Å². The number of hydrogen-bond acceptors (Lipinski definition) is 4. The normalized spacial score (nSPS) is 16.7. The molecule has 0 saturated heterocycles. The number of carbonyl (C=O) groups is 2. The number of likely N-dealkylation sites (N-methyl/N-ethyl adjacent to an activating group) is 1. The summed E-state index contributed by atoms with van der Waals surface area (Å²) in [5.41, 5.74) is 2.84. The lowest BCUT2D eigenvalue weighted by atomic mass is 10.00. The van der Waals surface area contributed by atoms with E-state index < -0.39 is 6.10 Å². The molecule has 1 aromatic rings. The van der Waals surface area contributed by atoms with Crippen molar-refractivity contribution >= 4 is 17.5 Å². The van der Waals surface area contributed by atoms with E-state index in [0.717, 1.165) is 16.8 Å². The highest BCUT2D eigenvalue weighted by molar-refractivity contribution is 6.05. The van der Waals surface area contributed by atoms with Gasteiger partial charge in [-0.1, -0.05) is 29.4 Å². The largest absolute Gasteiger partial charge is 0.382 e. The van der Waals surface area contributed by atoms with E-state index in [0.29, 0.717) is 6.42 Å². The standard InChI is InChI=1S/C17H23N3O3/c1-11(2)18-16(21)10-20(4)17(22)15-9-14(19-23-15)13-8-6-5-7-12(13)3/h5-8,11,15H,9-10H2,1-4H3,(H,18,21)/t15-/m1/s1. The first-order valence-electron chi connectivity index (χ1n) is 7.71. The fourth-order valence-electron chi connectivity index (χ4n) is 2.47. The van der Waals surface area contributed by atoms with Crippen LogP contribution in [0.4, 0.5) is 0 Å². The first-order chi connectivity index (χ1) is 10.9. The van der Waals surface area contributed by atoms with Crippen molar-refractivity contribution in [3.8, 4) is 0 Å². The lowest BCUT2D eigenvalue weighted by molar-refractivity contribution is -0.143. The van der Waals surface area contributed by atoms with E-state index in [-0.39, 0.29) is 24.4 Å². The summed E-state index contributed by atoms with van der Waals surface area (Å²) in [5, 5.41) is 6.81. The van der Waals surface area contributed by atoms with Crippen LogP contribution < -0.4 is 5.32 Å². The van der Waals surface area contributed by atoms with E-state index in [1.54, 1.807) is 7.05 Å². The average Bonchev–Trinajstić information content (AvgIpc) is 2.95. The van der Waals surface area contributed by atoms with Crippen LogP contribution in [0.25, 0.3) is 0 Å². The predicted octanol–water partition coefficient (Wildman–Crippen LogP) is 1.47. The van der Waals surface area contributed by atoms with Crippen molar-refractivity contribution in [1.29, 1.82) is 0 Å². The van der Waals surface area contributed by atoms with Crippen molar-refractivity contribution in [3.63, 3.8) is 0 Å². The molecular formula is C17H23N3O3. The summed E-state index contributed by atoms with van der Waals surface area (Å²) in [6.45, 7) is 5.76. The zero-order valence-electron chi connectivity index (χ0n) is 14.0. The van der Waals surface area contributed by atoms with E-state index in [9.17, 15) is 9.59 Å². The summed E-state index contributed by atoms with van der Waals surface area (Å²) in [5.74, 6) is -0.426. The van der Waals surface area contributed by atoms with Crippen molar-refractivity contribution in [2.75, 3.05) is 13.6 Å². The molecular weight excluding hydrogens is 294 g/mol. The third-order valence-electron chi connectivity index (χ3n) is 3.61. The summed E-state index contributed by atoms with van der Waals surface area (Å²) in [6.07, 6.45) is -0.249. The van der Waals surface area contributed by atoms with Crippen LogP contribution in [0.5, 0.6) is 0 Å². The van der Waals surface area contributed by atoms with Crippen molar-refractivity contribution in [2.45, 2.75) is 39.3 Å². The van der Waals surface area contributed by atoms with Crippen LogP contribution in [0.2, 0.25) is 0 Å². The van der Waals surface area contributed by atoms with Crippen molar-refractivity contribution in [2.24, 2.45) is 5.16 Å². The second-order valence-electron chi connectivity index (χ2n) is 6.07. The molecule has 0 radical (unpaired) electrons. The zero-order valence-corrected chi connectivity index (χ0v) is 14.0. The van der Waals surface area contributed by atoms with E-state index >= 15 is 0 Å². The molecule has 124 valence electrons. The van der Waals surface area contributed by atoms with Crippen LogP contribution in [-0.2, 0) is 14.4 Å². The van der Waals surface area contributed by atoms with Gasteiger partial charge in [-0.05, 0) is 26.3 Å². The Morgan fingerprint density at radius 3 is 2.74 bits per heavy atom. The fourth-order valence-corrected chi connectivity index (χ4v) is 2.47. The quantitative estimate of drug-likeness (QED) is 0.894. The molecule has 23 heavy (non-hydrogen) atoms.